The van der Waals surface area contributed by atoms with Gasteiger partial charge < -0.3 is 9.80 Å². The van der Waals surface area contributed by atoms with Crippen molar-refractivity contribution in [3.05, 3.63) is 17.4 Å². The third kappa shape index (κ3) is 2.38. The summed E-state index contributed by atoms with van der Waals surface area (Å²) in [6.07, 6.45) is 2.96. The molecule has 1 unspecified atom stereocenters. The molecule has 1 saturated heterocycles. The predicted octanol–water partition coefficient (Wildman–Crippen LogP) is 1.27. The van der Waals surface area contributed by atoms with Crippen molar-refractivity contribution in [2.45, 2.75) is 12.5 Å². The number of likely N-dealkylation sites (N-methyl/N-ethyl adjacent to an activating group) is 1. The molecule has 2 heterocycles. The number of anilines is 1. The van der Waals surface area contributed by atoms with Crippen molar-refractivity contribution >= 4 is 17.3 Å². The minimum absolute atomic E-state index is 0.459. The summed E-state index contributed by atoms with van der Waals surface area (Å²) in [4.78, 5) is 4.56. The van der Waals surface area contributed by atoms with Gasteiger partial charge in [-0.25, -0.2) is 0 Å². The molecule has 5 heteroatoms. The summed E-state index contributed by atoms with van der Waals surface area (Å²) >= 11 is 5.81. The largest absolute Gasteiger partial charge is 0.369 e. The summed E-state index contributed by atoms with van der Waals surface area (Å²) in [5.41, 5.74) is 1.07. The Balaban J connectivity index is 2.08. The van der Waals surface area contributed by atoms with Gasteiger partial charge in [-0.1, -0.05) is 11.6 Å². The van der Waals surface area contributed by atoms with Crippen LogP contribution in [0.5, 0.6) is 0 Å². The van der Waals surface area contributed by atoms with Gasteiger partial charge in [-0.3, -0.25) is 0 Å². The second kappa shape index (κ2) is 4.33. The maximum absolute atomic E-state index is 5.81. The van der Waals surface area contributed by atoms with Crippen LogP contribution in [0, 0.1) is 0 Å². The summed E-state index contributed by atoms with van der Waals surface area (Å²) < 4.78 is 0. The maximum atomic E-state index is 5.81. The molecule has 0 aliphatic carbocycles. The number of nitrogens with zero attached hydrogens (tertiary/aromatic N) is 4. The molecule has 0 spiro atoms. The Morgan fingerprint density at radius 1 is 1.53 bits per heavy atom. The van der Waals surface area contributed by atoms with Crippen LogP contribution >= 0.6 is 11.6 Å². The molecular weight excluding hydrogens is 212 g/mol. The van der Waals surface area contributed by atoms with E-state index in [0.717, 1.165) is 18.8 Å². The molecule has 0 radical (unpaired) electrons. The summed E-state index contributed by atoms with van der Waals surface area (Å²) in [6.45, 7) is 2.10. The molecule has 0 aromatic carbocycles. The van der Waals surface area contributed by atoms with Gasteiger partial charge in [-0.15, -0.1) is 5.10 Å². The highest BCUT2D eigenvalue weighted by atomic mass is 35.5. The molecule has 1 fully saturated rings. The molecule has 0 saturated carbocycles. The summed E-state index contributed by atoms with van der Waals surface area (Å²) in [6, 6.07) is 2.49. The van der Waals surface area contributed by atoms with E-state index in [4.69, 9.17) is 11.6 Å². The van der Waals surface area contributed by atoms with E-state index in [-0.39, 0.29) is 0 Å². The lowest BCUT2D eigenvalue weighted by atomic mass is 10.2. The molecule has 4 nitrogen and oxygen atoms in total. The standard InChI is InChI=1S/C10H15ClN4/c1-14(2)8-3-4-15(7-8)9-5-10(11)13-12-6-9/h5-6,8H,3-4,7H2,1-2H3. The van der Waals surface area contributed by atoms with Gasteiger partial charge >= 0.3 is 0 Å². The fraction of sp³-hybridized carbons (Fsp3) is 0.600. The highest BCUT2D eigenvalue weighted by Crippen LogP contribution is 2.22. The zero-order valence-corrected chi connectivity index (χ0v) is 9.78. The Kier molecular flexibility index (Phi) is 3.07. The van der Waals surface area contributed by atoms with E-state index in [9.17, 15) is 0 Å². The van der Waals surface area contributed by atoms with Gasteiger partial charge in [0.15, 0.2) is 5.15 Å². The molecule has 15 heavy (non-hydrogen) atoms. The first-order chi connectivity index (χ1) is 7.16. The fourth-order valence-corrected chi connectivity index (χ4v) is 2.06. The zero-order valence-electron chi connectivity index (χ0n) is 9.02. The van der Waals surface area contributed by atoms with Crippen LogP contribution in [0.4, 0.5) is 5.69 Å². The number of rotatable bonds is 2. The van der Waals surface area contributed by atoms with E-state index in [2.05, 4.69) is 34.1 Å². The highest BCUT2D eigenvalue weighted by Gasteiger charge is 2.24. The lowest BCUT2D eigenvalue weighted by Crippen LogP contribution is -2.31. The van der Waals surface area contributed by atoms with Crippen molar-refractivity contribution in [2.24, 2.45) is 0 Å². The van der Waals surface area contributed by atoms with Crippen molar-refractivity contribution in [1.29, 1.82) is 0 Å². The lowest BCUT2D eigenvalue weighted by Gasteiger charge is -2.21. The van der Waals surface area contributed by atoms with E-state index >= 15 is 0 Å². The first-order valence-corrected chi connectivity index (χ1v) is 5.44. The monoisotopic (exact) mass is 226 g/mol. The van der Waals surface area contributed by atoms with E-state index in [0.29, 0.717) is 11.2 Å². The van der Waals surface area contributed by atoms with Crippen LogP contribution in [0.2, 0.25) is 5.15 Å². The number of aromatic nitrogens is 2. The van der Waals surface area contributed by atoms with Crippen LogP contribution in [-0.4, -0.2) is 48.3 Å². The first-order valence-electron chi connectivity index (χ1n) is 5.06. The quantitative estimate of drug-likeness (QED) is 0.761. The molecule has 0 amide bonds. The van der Waals surface area contributed by atoms with Crippen LogP contribution in [0.1, 0.15) is 6.42 Å². The average molecular weight is 227 g/mol. The molecule has 0 bridgehead atoms. The molecule has 82 valence electrons. The van der Waals surface area contributed by atoms with Crippen molar-refractivity contribution in [3.8, 4) is 0 Å². The van der Waals surface area contributed by atoms with Crippen LogP contribution < -0.4 is 4.90 Å². The van der Waals surface area contributed by atoms with Gasteiger partial charge in [0.2, 0.25) is 0 Å². The SMILES string of the molecule is CN(C)C1CCN(c2cnnc(Cl)c2)C1. The smallest absolute Gasteiger partial charge is 0.153 e. The van der Waals surface area contributed by atoms with Gasteiger partial charge in [0.05, 0.1) is 11.9 Å². The van der Waals surface area contributed by atoms with E-state index < -0.39 is 0 Å². The van der Waals surface area contributed by atoms with Crippen molar-refractivity contribution in [2.75, 3.05) is 32.1 Å². The van der Waals surface area contributed by atoms with Crippen molar-refractivity contribution in [1.82, 2.24) is 15.1 Å². The Hall–Kier alpha value is -0.870. The Labute approximate surface area is 94.8 Å². The fourth-order valence-electron chi connectivity index (χ4n) is 1.90. The third-order valence-electron chi connectivity index (χ3n) is 2.87. The van der Waals surface area contributed by atoms with Crippen LogP contribution in [0.25, 0.3) is 0 Å². The van der Waals surface area contributed by atoms with Gasteiger partial charge in [0, 0.05) is 25.2 Å². The Morgan fingerprint density at radius 2 is 2.33 bits per heavy atom. The molecule has 1 aliphatic rings. The molecule has 1 aromatic rings. The Bertz CT molecular complexity index is 342. The van der Waals surface area contributed by atoms with Gasteiger partial charge in [-0.2, -0.15) is 5.10 Å². The normalized spacial score (nSPS) is 21.3. The molecule has 1 aromatic heterocycles. The van der Waals surface area contributed by atoms with Crippen LogP contribution in [0.3, 0.4) is 0 Å². The molecule has 2 rings (SSSR count). The summed E-state index contributed by atoms with van der Waals surface area (Å²) in [7, 11) is 4.23. The second-order valence-electron chi connectivity index (χ2n) is 4.09. The summed E-state index contributed by atoms with van der Waals surface area (Å²) in [5, 5.41) is 8.06. The highest BCUT2D eigenvalue weighted by molar-refractivity contribution is 6.29. The molecule has 1 atom stereocenters. The number of halogens is 1. The van der Waals surface area contributed by atoms with Gasteiger partial charge in [-0.05, 0) is 20.5 Å². The average Bonchev–Trinajstić information content (AvgIpc) is 2.66. The zero-order chi connectivity index (χ0) is 10.8. The van der Waals surface area contributed by atoms with Crippen molar-refractivity contribution in [3.63, 3.8) is 0 Å². The van der Waals surface area contributed by atoms with Crippen molar-refractivity contribution < 1.29 is 0 Å². The van der Waals surface area contributed by atoms with E-state index in [1.807, 2.05) is 6.07 Å². The van der Waals surface area contributed by atoms with E-state index in [1.165, 1.54) is 6.42 Å². The van der Waals surface area contributed by atoms with Crippen LogP contribution in [0.15, 0.2) is 12.3 Å². The number of hydrogen-bond donors (Lipinski definition) is 0. The molecule has 0 N–H and O–H groups in total. The minimum atomic E-state index is 0.459. The van der Waals surface area contributed by atoms with Gasteiger partial charge in [0.25, 0.3) is 0 Å². The maximum Gasteiger partial charge on any atom is 0.153 e. The Morgan fingerprint density at radius 3 is 2.93 bits per heavy atom. The minimum Gasteiger partial charge on any atom is -0.369 e. The molecule has 1 aliphatic heterocycles. The topological polar surface area (TPSA) is 32.3 Å². The van der Waals surface area contributed by atoms with Gasteiger partial charge in [0.1, 0.15) is 0 Å². The lowest BCUT2D eigenvalue weighted by molar-refractivity contribution is 0.315. The first kappa shape index (κ1) is 10.6. The molecular formula is C10H15ClN4. The predicted molar refractivity (Wildman–Crippen MR) is 61.3 cm³/mol. The second-order valence-corrected chi connectivity index (χ2v) is 4.48. The number of hydrogen-bond acceptors (Lipinski definition) is 4. The third-order valence-corrected chi connectivity index (χ3v) is 3.05. The summed E-state index contributed by atoms with van der Waals surface area (Å²) in [5.74, 6) is 0. The van der Waals surface area contributed by atoms with E-state index in [1.54, 1.807) is 6.20 Å². The van der Waals surface area contributed by atoms with Crippen LogP contribution in [-0.2, 0) is 0 Å².